The maximum atomic E-state index is 14.5. The second-order valence-corrected chi connectivity index (χ2v) is 11.5. The fourth-order valence-electron chi connectivity index (χ4n) is 6.11. The topological polar surface area (TPSA) is 111 Å². The number of unbranched alkanes of at least 4 members (excludes halogenated alkanes) is 1. The standard InChI is InChI=1S/C38H33N7O2/c1-2-3-18-33-39-32-23-24-44(34(28-12-6-4-7-13-28)36(46)29-14-8-5-9-15-29)38(47)35(32)45(33)25-26-19-21-27(22-20-26)30-16-10-11-17-31(30)37-40-42-43-41-37/h4-17,19-24,34H,2-3,18,25H2,1H3,(H,40,41,42,43). The number of aromatic nitrogens is 7. The van der Waals surface area contributed by atoms with E-state index in [0.717, 1.165) is 52.9 Å². The van der Waals surface area contributed by atoms with Gasteiger partial charge >= 0.3 is 0 Å². The first kappa shape index (κ1) is 29.7. The van der Waals surface area contributed by atoms with E-state index in [1.54, 1.807) is 22.9 Å². The summed E-state index contributed by atoms with van der Waals surface area (Å²) in [5.41, 5.74) is 6.09. The number of hydrogen-bond donors (Lipinski definition) is 1. The molecule has 1 unspecified atom stereocenters. The monoisotopic (exact) mass is 619 g/mol. The number of ketones is 1. The van der Waals surface area contributed by atoms with Crippen LogP contribution in [-0.4, -0.2) is 40.5 Å². The normalized spacial score (nSPS) is 11.9. The number of tetrazole rings is 1. The zero-order chi connectivity index (χ0) is 32.2. The molecule has 9 heteroatoms. The fourth-order valence-corrected chi connectivity index (χ4v) is 6.11. The molecule has 0 aliphatic heterocycles. The first-order valence-corrected chi connectivity index (χ1v) is 15.8. The number of aryl methyl sites for hydroxylation is 1. The first-order valence-electron chi connectivity index (χ1n) is 15.8. The van der Waals surface area contributed by atoms with Gasteiger partial charge in [0.25, 0.3) is 5.56 Å². The Balaban J connectivity index is 1.30. The van der Waals surface area contributed by atoms with E-state index in [2.05, 4.69) is 51.8 Å². The number of aromatic amines is 1. The van der Waals surface area contributed by atoms with Crippen molar-refractivity contribution in [2.24, 2.45) is 0 Å². The first-order chi connectivity index (χ1) is 23.1. The van der Waals surface area contributed by atoms with Gasteiger partial charge in [0.2, 0.25) is 5.82 Å². The van der Waals surface area contributed by atoms with Crippen molar-refractivity contribution in [1.29, 1.82) is 0 Å². The Morgan fingerprint density at radius 2 is 1.53 bits per heavy atom. The van der Waals surface area contributed by atoms with Crippen LogP contribution in [0.3, 0.4) is 0 Å². The third-order valence-electron chi connectivity index (χ3n) is 8.48. The second-order valence-electron chi connectivity index (χ2n) is 11.5. The lowest BCUT2D eigenvalue weighted by Crippen LogP contribution is -2.31. The number of fused-ring (bicyclic) bond motifs is 1. The molecule has 47 heavy (non-hydrogen) atoms. The summed E-state index contributed by atoms with van der Waals surface area (Å²) in [6.45, 7) is 2.61. The van der Waals surface area contributed by atoms with Gasteiger partial charge in [0.05, 0.1) is 5.52 Å². The third-order valence-corrected chi connectivity index (χ3v) is 8.48. The minimum absolute atomic E-state index is 0.146. The van der Waals surface area contributed by atoms with Crippen molar-refractivity contribution < 1.29 is 4.79 Å². The summed E-state index contributed by atoms with van der Waals surface area (Å²) >= 11 is 0. The van der Waals surface area contributed by atoms with E-state index < -0.39 is 6.04 Å². The average Bonchev–Trinajstić information content (AvgIpc) is 3.79. The van der Waals surface area contributed by atoms with E-state index in [-0.39, 0.29) is 11.3 Å². The van der Waals surface area contributed by atoms with Gasteiger partial charge in [-0.2, -0.15) is 5.21 Å². The summed E-state index contributed by atoms with van der Waals surface area (Å²) in [6.07, 6.45) is 4.40. The highest BCUT2D eigenvalue weighted by Crippen LogP contribution is 2.30. The lowest BCUT2D eigenvalue weighted by Gasteiger charge is -2.20. The minimum Gasteiger partial charge on any atom is -0.319 e. The van der Waals surface area contributed by atoms with Crippen LogP contribution in [-0.2, 0) is 13.0 Å². The molecule has 7 rings (SSSR count). The molecule has 0 aliphatic rings. The summed E-state index contributed by atoms with van der Waals surface area (Å²) in [6, 6.07) is 35.9. The molecule has 0 saturated carbocycles. The number of Topliss-reactive ketones (excluding diaryl/α,β-unsaturated/α-hetero) is 1. The molecule has 0 bridgehead atoms. The molecule has 0 amide bonds. The van der Waals surface area contributed by atoms with Gasteiger partial charge in [-0.1, -0.05) is 123 Å². The van der Waals surface area contributed by atoms with E-state index in [0.29, 0.717) is 29.0 Å². The quantitative estimate of drug-likeness (QED) is 0.158. The Hall–Kier alpha value is -5.96. The van der Waals surface area contributed by atoms with Gasteiger partial charge in [-0.05, 0) is 40.0 Å². The molecule has 3 heterocycles. The van der Waals surface area contributed by atoms with Crippen LogP contribution in [0.25, 0.3) is 33.5 Å². The number of rotatable bonds is 11. The smallest absolute Gasteiger partial charge is 0.277 e. The molecule has 1 N–H and O–H groups in total. The van der Waals surface area contributed by atoms with Crippen molar-refractivity contribution in [3.05, 3.63) is 154 Å². The number of benzene rings is 4. The van der Waals surface area contributed by atoms with Crippen LogP contribution in [0.15, 0.2) is 126 Å². The average molecular weight is 620 g/mol. The van der Waals surface area contributed by atoms with Crippen molar-refractivity contribution in [3.63, 3.8) is 0 Å². The summed E-state index contributed by atoms with van der Waals surface area (Å²) in [5, 5.41) is 14.6. The molecule has 3 aromatic heterocycles. The molecule has 0 fully saturated rings. The summed E-state index contributed by atoms with van der Waals surface area (Å²) < 4.78 is 3.59. The van der Waals surface area contributed by atoms with Crippen LogP contribution in [0.2, 0.25) is 0 Å². The van der Waals surface area contributed by atoms with Gasteiger partial charge in [-0.15, -0.1) is 10.2 Å². The van der Waals surface area contributed by atoms with E-state index in [4.69, 9.17) is 4.98 Å². The maximum Gasteiger partial charge on any atom is 0.277 e. The molecule has 0 radical (unpaired) electrons. The minimum atomic E-state index is -0.823. The molecule has 232 valence electrons. The van der Waals surface area contributed by atoms with Gasteiger partial charge in [0.1, 0.15) is 17.4 Å². The number of hydrogen-bond acceptors (Lipinski definition) is 6. The summed E-state index contributed by atoms with van der Waals surface area (Å²) in [7, 11) is 0. The predicted octanol–water partition coefficient (Wildman–Crippen LogP) is 6.91. The van der Waals surface area contributed by atoms with Crippen molar-refractivity contribution in [3.8, 4) is 22.5 Å². The third kappa shape index (κ3) is 5.91. The molecule has 1 atom stereocenters. The Labute approximate surface area is 271 Å². The van der Waals surface area contributed by atoms with E-state index in [1.807, 2.05) is 83.4 Å². The number of carbonyl (C=O) groups is 1. The van der Waals surface area contributed by atoms with E-state index in [1.165, 1.54) is 0 Å². The van der Waals surface area contributed by atoms with Crippen molar-refractivity contribution in [2.75, 3.05) is 0 Å². The number of pyridine rings is 1. The fraction of sp³-hybridized carbons (Fsp3) is 0.158. The Bertz CT molecular complexity index is 2190. The van der Waals surface area contributed by atoms with Gasteiger partial charge < -0.3 is 4.57 Å². The highest BCUT2D eigenvalue weighted by Gasteiger charge is 2.27. The molecule has 0 aliphatic carbocycles. The molecule has 7 aromatic rings. The SMILES string of the molecule is CCCCc1nc2ccn(C(C(=O)c3ccccc3)c3ccccc3)c(=O)c2n1Cc1ccc(-c2ccccc2-c2nn[nH]n2)cc1. The number of carbonyl (C=O) groups excluding carboxylic acids is 1. The number of nitrogens with one attached hydrogen (secondary N) is 1. The Morgan fingerprint density at radius 1 is 0.830 bits per heavy atom. The van der Waals surface area contributed by atoms with Gasteiger partial charge in [0, 0.05) is 30.3 Å². The van der Waals surface area contributed by atoms with Crippen LogP contribution in [0.4, 0.5) is 0 Å². The van der Waals surface area contributed by atoms with Gasteiger partial charge in [-0.25, -0.2) is 4.98 Å². The number of H-pyrrole nitrogens is 1. The maximum absolute atomic E-state index is 14.5. The highest BCUT2D eigenvalue weighted by molar-refractivity contribution is 6.01. The lowest BCUT2D eigenvalue weighted by molar-refractivity contribution is 0.0944. The number of nitrogens with zero attached hydrogens (tertiary/aromatic N) is 6. The second kappa shape index (κ2) is 13.2. The van der Waals surface area contributed by atoms with Crippen molar-refractivity contribution in [2.45, 2.75) is 38.8 Å². The predicted molar refractivity (Wildman–Crippen MR) is 182 cm³/mol. The van der Waals surface area contributed by atoms with Crippen LogP contribution in [0, 0.1) is 0 Å². The van der Waals surface area contributed by atoms with E-state index in [9.17, 15) is 9.59 Å². The zero-order valence-corrected chi connectivity index (χ0v) is 26.0. The van der Waals surface area contributed by atoms with Crippen molar-refractivity contribution >= 4 is 16.8 Å². The molecular formula is C38H33N7O2. The summed E-state index contributed by atoms with van der Waals surface area (Å²) in [5.74, 6) is 1.24. The van der Waals surface area contributed by atoms with Gasteiger partial charge in [-0.3, -0.25) is 14.2 Å². The number of imidazole rings is 1. The van der Waals surface area contributed by atoms with E-state index >= 15 is 0 Å². The van der Waals surface area contributed by atoms with Crippen molar-refractivity contribution in [1.82, 2.24) is 34.7 Å². The Morgan fingerprint density at radius 3 is 2.23 bits per heavy atom. The van der Waals surface area contributed by atoms with Crippen LogP contribution < -0.4 is 5.56 Å². The highest BCUT2D eigenvalue weighted by atomic mass is 16.1. The molecule has 0 saturated heterocycles. The van der Waals surface area contributed by atoms with Gasteiger partial charge in [0.15, 0.2) is 5.78 Å². The lowest BCUT2D eigenvalue weighted by atomic mass is 9.97. The summed E-state index contributed by atoms with van der Waals surface area (Å²) in [4.78, 5) is 33.4. The zero-order valence-electron chi connectivity index (χ0n) is 26.0. The van der Waals surface area contributed by atoms with Crippen LogP contribution in [0.1, 0.15) is 53.1 Å². The van der Waals surface area contributed by atoms with Crippen LogP contribution in [0.5, 0.6) is 0 Å². The largest absolute Gasteiger partial charge is 0.319 e. The van der Waals surface area contributed by atoms with Crippen LogP contribution >= 0.6 is 0 Å². The molecule has 0 spiro atoms. The molecule has 9 nitrogen and oxygen atoms in total. The molecular weight excluding hydrogens is 586 g/mol. The molecule has 4 aromatic carbocycles. The Kier molecular flexibility index (Phi) is 8.34.